The van der Waals surface area contributed by atoms with Gasteiger partial charge < -0.3 is 14.8 Å². The van der Waals surface area contributed by atoms with Gasteiger partial charge in [-0.05, 0) is 66.9 Å². The van der Waals surface area contributed by atoms with Gasteiger partial charge in [-0.1, -0.05) is 12.1 Å². The highest BCUT2D eigenvalue weighted by molar-refractivity contribution is 6.10. The Hall–Kier alpha value is -3.87. The Morgan fingerprint density at radius 3 is 2.48 bits per heavy atom. The molecule has 0 bridgehead atoms. The van der Waals surface area contributed by atoms with Crippen molar-refractivity contribution in [3.05, 3.63) is 83.2 Å². The van der Waals surface area contributed by atoms with Crippen LogP contribution in [-0.2, 0) is 6.54 Å². The highest BCUT2D eigenvalue weighted by Gasteiger charge is 2.13. The number of benzene rings is 2. The number of nitrogens with one attached hydrogen (secondary N) is 2. The van der Waals surface area contributed by atoms with Gasteiger partial charge in [-0.2, -0.15) is 0 Å². The Bertz CT molecular complexity index is 1080. The molecule has 1 amide bonds. The molecule has 0 spiro atoms. The van der Waals surface area contributed by atoms with Crippen molar-refractivity contribution in [2.75, 3.05) is 19.5 Å². The van der Waals surface area contributed by atoms with Crippen LogP contribution in [0, 0.1) is 13.8 Å². The maximum absolute atomic E-state index is 12.9. The fourth-order valence-electron chi connectivity index (χ4n) is 2.89. The molecule has 1 heterocycles. The molecule has 7 nitrogen and oxygen atoms in total. The number of anilines is 1. The number of aromatic nitrogens is 1. The van der Waals surface area contributed by atoms with Gasteiger partial charge in [-0.3, -0.25) is 15.1 Å². The van der Waals surface area contributed by atoms with E-state index in [0.29, 0.717) is 29.6 Å². The molecular formula is C24H26N4O3. The van der Waals surface area contributed by atoms with Crippen LogP contribution in [0.5, 0.6) is 11.5 Å². The van der Waals surface area contributed by atoms with E-state index in [1.807, 2.05) is 37.3 Å². The van der Waals surface area contributed by atoms with Crippen LogP contribution < -0.4 is 20.1 Å². The molecule has 0 aliphatic heterocycles. The molecule has 2 N–H and O–H groups in total. The van der Waals surface area contributed by atoms with Gasteiger partial charge in [0.2, 0.25) is 5.96 Å². The van der Waals surface area contributed by atoms with Crippen molar-refractivity contribution in [2.24, 2.45) is 4.99 Å². The fourth-order valence-corrected chi connectivity index (χ4v) is 2.89. The van der Waals surface area contributed by atoms with E-state index in [1.165, 1.54) is 12.7 Å². The molecule has 2 aromatic carbocycles. The second kappa shape index (κ2) is 10.2. The molecule has 0 radical (unpaired) electrons. The minimum Gasteiger partial charge on any atom is -0.493 e. The lowest BCUT2D eigenvalue weighted by atomic mass is 10.1. The summed E-state index contributed by atoms with van der Waals surface area (Å²) in [5, 5.41) is 6.07. The third-order valence-corrected chi connectivity index (χ3v) is 4.79. The average molecular weight is 418 g/mol. The monoisotopic (exact) mass is 418 g/mol. The number of aliphatic imine (C=N–C) groups is 1. The Morgan fingerprint density at radius 1 is 1.00 bits per heavy atom. The summed E-state index contributed by atoms with van der Waals surface area (Å²) in [6.45, 7) is 4.46. The predicted molar refractivity (Wildman–Crippen MR) is 122 cm³/mol. The lowest BCUT2D eigenvalue weighted by Gasteiger charge is -2.14. The number of guanidine groups is 1. The molecular weight excluding hydrogens is 392 g/mol. The summed E-state index contributed by atoms with van der Waals surface area (Å²) in [6, 6.07) is 14.8. The van der Waals surface area contributed by atoms with Crippen molar-refractivity contribution in [3.63, 3.8) is 0 Å². The summed E-state index contributed by atoms with van der Waals surface area (Å²) in [4.78, 5) is 21.6. The van der Waals surface area contributed by atoms with Crippen LogP contribution in [0.15, 0.2) is 65.9 Å². The molecule has 0 unspecified atom stereocenters. The van der Waals surface area contributed by atoms with Crippen LogP contribution in [-0.4, -0.2) is 31.1 Å². The molecule has 31 heavy (non-hydrogen) atoms. The van der Waals surface area contributed by atoms with Crippen molar-refractivity contribution < 1.29 is 14.3 Å². The minimum absolute atomic E-state index is 0.317. The van der Waals surface area contributed by atoms with Crippen LogP contribution in [0.2, 0.25) is 0 Å². The van der Waals surface area contributed by atoms with E-state index >= 15 is 0 Å². The Labute approximate surface area is 182 Å². The van der Waals surface area contributed by atoms with Gasteiger partial charge in [0.15, 0.2) is 11.5 Å². The number of carbonyl (C=O) groups is 1. The first-order valence-corrected chi connectivity index (χ1v) is 9.81. The van der Waals surface area contributed by atoms with Crippen molar-refractivity contribution in [2.45, 2.75) is 20.4 Å². The standard InChI is InChI=1S/C24H26N4O3/c1-16-7-9-20(12-17(16)2)27-24(26-15-18-6-5-11-25-14-18)28-23(29)19-8-10-21(30-3)22(13-19)31-4/h5-14H,15H2,1-4H3,(H2,26,27,28,29). The number of carbonyl (C=O) groups excluding carboxylic acids is 1. The van der Waals surface area contributed by atoms with E-state index in [-0.39, 0.29) is 5.91 Å². The predicted octanol–water partition coefficient (Wildman–Crippen LogP) is 4.11. The number of hydrogen-bond donors (Lipinski definition) is 2. The van der Waals surface area contributed by atoms with Gasteiger partial charge in [0.25, 0.3) is 5.91 Å². The van der Waals surface area contributed by atoms with Crippen LogP contribution in [0.25, 0.3) is 0 Å². The zero-order chi connectivity index (χ0) is 22.2. The molecule has 160 valence electrons. The van der Waals surface area contributed by atoms with Gasteiger partial charge in [-0.25, -0.2) is 4.99 Å². The zero-order valence-electron chi connectivity index (χ0n) is 18.1. The molecule has 1 aromatic heterocycles. The summed E-state index contributed by atoms with van der Waals surface area (Å²) in [7, 11) is 3.08. The Kier molecular flexibility index (Phi) is 7.22. The highest BCUT2D eigenvalue weighted by atomic mass is 16.5. The van der Waals surface area contributed by atoms with Crippen LogP contribution >= 0.6 is 0 Å². The van der Waals surface area contributed by atoms with Crippen molar-refractivity contribution in [1.29, 1.82) is 0 Å². The lowest BCUT2D eigenvalue weighted by molar-refractivity contribution is 0.0976. The molecule has 7 heteroatoms. The quantitative estimate of drug-likeness (QED) is 0.465. The molecule has 0 aliphatic carbocycles. The smallest absolute Gasteiger partial charge is 0.258 e. The van der Waals surface area contributed by atoms with Crippen LogP contribution in [0.3, 0.4) is 0 Å². The SMILES string of the molecule is COc1ccc(C(=O)NC(=NCc2cccnc2)Nc2ccc(C)c(C)c2)cc1OC. The number of rotatable bonds is 6. The van der Waals surface area contributed by atoms with E-state index < -0.39 is 0 Å². The van der Waals surface area contributed by atoms with Crippen molar-refractivity contribution >= 4 is 17.6 Å². The number of methoxy groups -OCH3 is 2. The van der Waals surface area contributed by atoms with Gasteiger partial charge >= 0.3 is 0 Å². The number of pyridine rings is 1. The third-order valence-electron chi connectivity index (χ3n) is 4.79. The van der Waals surface area contributed by atoms with Gasteiger partial charge in [0.1, 0.15) is 0 Å². The summed E-state index contributed by atoms with van der Waals surface area (Å²) < 4.78 is 10.5. The van der Waals surface area contributed by atoms with E-state index in [9.17, 15) is 4.79 Å². The second-order valence-electron chi connectivity index (χ2n) is 6.97. The van der Waals surface area contributed by atoms with E-state index in [0.717, 1.165) is 16.8 Å². The first-order valence-electron chi connectivity index (χ1n) is 9.81. The summed E-state index contributed by atoms with van der Waals surface area (Å²) in [5.74, 6) is 1.05. The van der Waals surface area contributed by atoms with Gasteiger partial charge in [0, 0.05) is 23.6 Å². The largest absolute Gasteiger partial charge is 0.493 e. The first-order chi connectivity index (χ1) is 15.0. The first kappa shape index (κ1) is 21.8. The minimum atomic E-state index is -0.317. The normalized spacial score (nSPS) is 11.0. The third kappa shape index (κ3) is 5.82. The number of amides is 1. The molecule has 0 saturated heterocycles. The number of nitrogens with zero attached hydrogens (tertiary/aromatic N) is 2. The molecule has 0 atom stereocenters. The van der Waals surface area contributed by atoms with Crippen molar-refractivity contribution in [3.8, 4) is 11.5 Å². The molecule has 3 aromatic rings. The fraction of sp³-hybridized carbons (Fsp3) is 0.208. The van der Waals surface area contributed by atoms with Crippen molar-refractivity contribution in [1.82, 2.24) is 10.3 Å². The number of aryl methyl sites for hydroxylation is 2. The molecule has 3 rings (SSSR count). The summed E-state index contributed by atoms with van der Waals surface area (Å²) in [6.07, 6.45) is 3.45. The average Bonchev–Trinajstić information content (AvgIpc) is 2.80. The number of hydrogen-bond acceptors (Lipinski definition) is 5. The lowest BCUT2D eigenvalue weighted by Crippen LogP contribution is -2.36. The Morgan fingerprint density at radius 2 is 1.81 bits per heavy atom. The summed E-state index contributed by atoms with van der Waals surface area (Å²) >= 11 is 0. The van der Waals surface area contributed by atoms with Gasteiger partial charge in [-0.15, -0.1) is 0 Å². The van der Waals surface area contributed by atoms with E-state index in [4.69, 9.17) is 9.47 Å². The van der Waals surface area contributed by atoms with Crippen LogP contribution in [0.4, 0.5) is 5.69 Å². The topological polar surface area (TPSA) is 84.8 Å². The molecule has 0 aliphatic rings. The maximum Gasteiger partial charge on any atom is 0.258 e. The number of ether oxygens (including phenoxy) is 2. The van der Waals surface area contributed by atoms with E-state index in [1.54, 1.807) is 37.7 Å². The highest BCUT2D eigenvalue weighted by Crippen LogP contribution is 2.27. The Balaban J connectivity index is 1.84. The molecule has 0 saturated carbocycles. The summed E-state index contributed by atoms with van der Waals surface area (Å²) in [5.41, 5.74) is 4.52. The molecule has 0 fully saturated rings. The zero-order valence-corrected chi connectivity index (χ0v) is 18.1. The maximum atomic E-state index is 12.9. The van der Waals surface area contributed by atoms with E-state index in [2.05, 4.69) is 27.5 Å². The van der Waals surface area contributed by atoms with Gasteiger partial charge in [0.05, 0.1) is 20.8 Å². The second-order valence-corrected chi connectivity index (χ2v) is 6.97. The van der Waals surface area contributed by atoms with Crippen LogP contribution in [0.1, 0.15) is 27.0 Å².